The fourth-order valence-corrected chi connectivity index (χ4v) is 10.5. The monoisotopic (exact) mass is 378 g/mol. The Labute approximate surface area is 160 Å². The number of hydrogen-bond acceptors (Lipinski definition) is 4. The van der Waals surface area contributed by atoms with Gasteiger partial charge in [-0.05, 0) is 41.4 Å². The first kappa shape index (κ1) is 21.5. The quantitative estimate of drug-likeness (QED) is 0.612. The summed E-state index contributed by atoms with van der Waals surface area (Å²) in [5.41, 5.74) is 2.69. The second kappa shape index (κ2) is 9.42. The number of aliphatic hydroxyl groups is 1. The van der Waals surface area contributed by atoms with Crippen LogP contribution in [0.3, 0.4) is 0 Å². The highest BCUT2D eigenvalue weighted by atomic mass is 28.4. The van der Waals surface area contributed by atoms with E-state index in [1.54, 1.807) is 0 Å². The molecular formula is C21H38N2O2Si. The normalized spacial score (nSPS) is 21.8. The van der Waals surface area contributed by atoms with Crippen LogP contribution in [-0.2, 0) is 11.0 Å². The molecule has 1 fully saturated rings. The van der Waals surface area contributed by atoms with Crippen molar-refractivity contribution in [2.24, 2.45) is 5.92 Å². The van der Waals surface area contributed by atoms with Gasteiger partial charge in [-0.3, -0.25) is 0 Å². The standard InChI is InChI=1S/C21H38N2O2Si/c1-15(2)26(16(3)4,17(5)6)25-14-19-11-12-22-21(23-19)20-10-8-7-9-18(20)13-24/h11-12,15-18,20,24H,7-10,13-14H2,1-6H3/t18-,20+/m0/s1. The topological polar surface area (TPSA) is 55.2 Å². The van der Waals surface area contributed by atoms with Crippen LogP contribution in [-0.4, -0.2) is 30.0 Å². The summed E-state index contributed by atoms with van der Waals surface area (Å²) in [6, 6.07) is 1.99. The Morgan fingerprint density at radius 2 is 1.69 bits per heavy atom. The third kappa shape index (κ3) is 4.54. The summed E-state index contributed by atoms with van der Waals surface area (Å²) >= 11 is 0. The van der Waals surface area contributed by atoms with Gasteiger partial charge < -0.3 is 9.53 Å². The van der Waals surface area contributed by atoms with Crippen molar-refractivity contribution < 1.29 is 9.53 Å². The minimum absolute atomic E-state index is 0.235. The first-order chi connectivity index (χ1) is 12.3. The lowest BCUT2D eigenvalue weighted by atomic mass is 9.79. The van der Waals surface area contributed by atoms with E-state index in [4.69, 9.17) is 9.41 Å². The average Bonchev–Trinajstić information content (AvgIpc) is 2.61. The predicted octanol–water partition coefficient (Wildman–Crippen LogP) is 5.43. The summed E-state index contributed by atoms with van der Waals surface area (Å²) in [4.78, 5) is 9.40. The Hall–Kier alpha value is -0.783. The molecule has 2 rings (SSSR count). The second-order valence-electron chi connectivity index (χ2n) is 8.85. The second-order valence-corrected chi connectivity index (χ2v) is 14.3. The van der Waals surface area contributed by atoms with Crippen molar-refractivity contribution in [3.05, 3.63) is 23.8 Å². The smallest absolute Gasteiger partial charge is 0.200 e. The van der Waals surface area contributed by atoms with Crippen LogP contribution < -0.4 is 0 Å². The maximum absolute atomic E-state index is 9.71. The molecule has 5 heteroatoms. The number of rotatable bonds is 8. The molecule has 2 atom stereocenters. The molecule has 0 aromatic carbocycles. The van der Waals surface area contributed by atoms with Gasteiger partial charge >= 0.3 is 0 Å². The summed E-state index contributed by atoms with van der Waals surface area (Å²) in [5.74, 6) is 1.49. The van der Waals surface area contributed by atoms with E-state index in [0.29, 0.717) is 29.1 Å². The molecule has 1 aromatic rings. The van der Waals surface area contributed by atoms with Crippen LogP contribution >= 0.6 is 0 Å². The highest BCUT2D eigenvalue weighted by Crippen LogP contribution is 2.42. The third-order valence-corrected chi connectivity index (χ3v) is 12.4. The maximum Gasteiger partial charge on any atom is 0.200 e. The average molecular weight is 379 g/mol. The van der Waals surface area contributed by atoms with Gasteiger partial charge in [0.25, 0.3) is 0 Å². The largest absolute Gasteiger partial charge is 0.410 e. The van der Waals surface area contributed by atoms with E-state index in [2.05, 4.69) is 46.5 Å². The highest BCUT2D eigenvalue weighted by molar-refractivity contribution is 6.77. The van der Waals surface area contributed by atoms with E-state index in [0.717, 1.165) is 24.4 Å². The Morgan fingerprint density at radius 1 is 1.08 bits per heavy atom. The third-order valence-electron chi connectivity index (χ3n) is 6.38. The zero-order valence-corrected chi connectivity index (χ0v) is 18.5. The molecule has 1 aliphatic carbocycles. The molecule has 0 unspecified atom stereocenters. The molecule has 1 aromatic heterocycles. The van der Waals surface area contributed by atoms with Crippen LogP contribution in [0.5, 0.6) is 0 Å². The van der Waals surface area contributed by atoms with Crippen LogP contribution in [0, 0.1) is 5.92 Å². The van der Waals surface area contributed by atoms with Crippen molar-refractivity contribution in [3.8, 4) is 0 Å². The first-order valence-electron chi connectivity index (χ1n) is 10.4. The summed E-state index contributed by atoms with van der Waals surface area (Å²) in [7, 11) is -1.89. The fourth-order valence-electron chi connectivity index (χ4n) is 5.14. The highest BCUT2D eigenvalue weighted by Gasteiger charge is 2.45. The summed E-state index contributed by atoms with van der Waals surface area (Å²) in [5, 5.41) is 9.71. The van der Waals surface area contributed by atoms with Crippen molar-refractivity contribution in [2.75, 3.05) is 6.61 Å². The summed E-state index contributed by atoms with van der Waals surface area (Å²) < 4.78 is 6.69. The van der Waals surface area contributed by atoms with Gasteiger partial charge in [0.05, 0.1) is 12.3 Å². The van der Waals surface area contributed by atoms with Gasteiger partial charge in [0.15, 0.2) is 0 Å². The molecule has 1 heterocycles. The van der Waals surface area contributed by atoms with Gasteiger partial charge in [-0.15, -0.1) is 0 Å². The lowest BCUT2D eigenvalue weighted by molar-refractivity contribution is 0.165. The predicted molar refractivity (Wildman–Crippen MR) is 110 cm³/mol. The molecule has 0 radical (unpaired) electrons. The molecule has 1 aliphatic rings. The maximum atomic E-state index is 9.71. The van der Waals surface area contributed by atoms with Gasteiger partial charge in [-0.1, -0.05) is 54.4 Å². The Bertz CT molecular complexity index is 541. The van der Waals surface area contributed by atoms with Crippen molar-refractivity contribution in [1.29, 1.82) is 0 Å². The Kier molecular flexibility index (Phi) is 7.80. The van der Waals surface area contributed by atoms with E-state index in [1.165, 1.54) is 12.8 Å². The van der Waals surface area contributed by atoms with Gasteiger partial charge in [-0.25, -0.2) is 9.97 Å². The van der Waals surface area contributed by atoms with E-state index < -0.39 is 8.32 Å². The lowest BCUT2D eigenvalue weighted by Crippen LogP contribution is -2.47. The molecule has 4 nitrogen and oxygen atoms in total. The van der Waals surface area contributed by atoms with Crippen LogP contribution in [0.1, 0.15) is 84.7 Å². The fraction of sp³-hybridized carbons (Fsp3) is 0.810. The van der Waals surface area contributed by atoms with E-state index in [1.807, 2.05) is 12.3 Å². The van der Waals surface area contributed by atoms with Crippen LogP contribution in [0.25, 0.3) is 0 Å². The Morgan fingerprint density at radius 3 is 2.27 bits per heavy atom. The van der Waals surface area contributed by atoms with Crippen LogP contribution in [0.15, 0.2) is 12.3 Å². The molecule has 0 saturated heterocycles. The summed E-state index contributed by atoms with van der Waals surface area (Å²) in [6.07, 6.45) is 6.44. The number of aromatic nitrogens is 2. The van der Waals surface area contributed by atoms with Gasteiger partial charge in [0, 0.05) is 18.7 Å². The minimum atomic E-state index is -1.89. The zero-order chi connectivity index (χ0) is 19.3. The molecule has 0 aliphatic heterocycles. The van der Waals surface area contributed by atoms with Crippen molar-refractivity contribution in [2.45, 2.75) is 96.4 Å². The molecule has 1 N–H and O–H groups in total. The molecule has 148 valence electrons. The van der Waals surface area contributed by atoms with E-state index >= 15 is 0 Å². The minimum Gasteiger partial charge on any atom is -0.410 e. The van der Waals surface area contributed by atoms with Gasteiger partial charge in [0.2, 0.25) is 8.32 Å². The molecule has 0 spiro atoms. The van der Waals surface area contributed by atoms with E-state index in [-0.39, 0.29) is 12.5 Å². The molecule has 0 bridgehead atoms. The number of hydrogen-bond donors (Lipinski definition) is 1. The zero-order valence-electron chi connectivity index (χ0n) is 17.5. The van der Waals surface area contributed by atoms with Crippen LogP contribution in [0.4, 0.5) is 0 Å². The molecule has 1 saturated carbocycles. The molecular weight excluding hydrogens is 340 g/mol. The van der Waals surface area contributed by atoms with Crippen molar-refractivity contribution in [1.82, 2.24) is 9.97 Å². The first-order valence-corrected chi connectivity index (χ1v) is 12.5. The summed E-state index contributed by atoms with van der Waals surface area (Å²) in [6.45, 7) is 14.7. The van der Waals surface area contributed by atoms with Gasteiger partial charge in [-0.2, -0.15) is 0 Å². The van der Waals surface area contributed by atoms with Crippen molar-refractivity contribution in [3.63, 3.8) is 0 Å². The molecule has 0 amide bonds. The number of aliphatic hydroxyl groups excluding tert-OH is 1. The number of nitrogens with zero attached hydrogens (tertiary/aromatic N) is 2. The molecule has 26 heavy (non-hydrogen) atoms. The lowest BCUT2D eigenvalue weighted by Gasteiger charge is -2.42. The SMILES string of the molecule is CC(C)[Si](OCc1ccnc([C@@H]2CCCC[C@H]2CO)n1)(C(C)C)C(C)C. The van der Waals surface area contributed by atoms with Crippen LogP contribution in [0.2, 0.25) is 16.6 Å². The Balaban J connectivity index is 2.17. The van der Waals surface area contributed by atoms with Crippen molar-refractivity contribution >= 4 is 8.32 Å². The van der Waals surface area contributed by atoms with E-state index in [9.17, 15) is 5.11 Å². The van der Waals surface area contributed by atoms with Gasteiger partial charge in [0.1, 0.15) is 5.82 Å².